The first-order valence-corrected chi connectivity index (χ1v) is 33.5. The van der Waals surface area contributed by atoms with Crippen LogP contribution in [0.25, 0.3) is 0 Å². The van der Waals surface area contributed by atoms with Gasteiger partial charge in [0.05, 0.1) is 12.6 Å². The Morgan fingerprint density at radius 1 is 0.479 bits per heavy atom. The van der Waals surface area contributed by atoms with E-state index in [9.17, 15) is 29.1 Å². The first-order chi connectivity index (χ1) is 43.3. The summed E-state index contributed by atoms with van der Waals surface area (Å²) in [5, 5.41) is 20.6. The van der Waals surface area contributed by atoms with Crippen LogP contribution < -0.4 is 16.0 Å². The lowest BCUT2D eigenvalue weighted by atomic mass is 9.91. The minimum Gasteiger partial charge on any atom is -0.390 e. The Kier molecular flexibility index (Phi) is 34.6. The number of hydrogen-bond acceptors (Lipinski definition) is 14. The van der Waals surface area contributed by atoms with Gasteiger partial charge in [0.1, 0.15) is 66.5 Å². The number of likely N-dealkylation sites (N-methyl/N-ethyl adjacent to an activating group) is 10. The van der Waals surface area contributed by atoms with E-state index < -0.39 is 161 Å². The molecule has 1 aliphatic rings. The maximum atomic E-state index is 15.4. The molecule has 0 aliphatic carbocycles. The summed E-state index contributed by atoms with van der Waals surface area (Å²) in [6.07, 6.45) is 2.74. The van der Waals surface area contributed by atoms with Gasteiger partial charge < -0.3 is 65.2 Å². The summed E-state index contributed by atoms with van der Waals surface area (Å²) in [5.74, 6) is -11.0. The van der Waals surface area contributed by atoms with Crippen LogP contribution in [-0.4, -0.2) is 288 Å². The van der Waals surface area contributed by atoms with Gasteiger partial charge in [-0.25, -0.2) is 0 Å². The molecule has 1 saturated heterocycles. The molecule has 0 aromatic heterocycles. The predicted octanol–water partition coefficient (Wildman–Crippen LogP) is 2.61. The third-order valence-electron chi connectivity index (χ3n) is 18.3. The highest BCUT2D eigenvalue weighted by molar-refractivity contribution is 6.00. The van der Waals surface area contributed by atoms with E-state index in [2.05, 4.69) is 16.0 Å². The lowest BCUT2D eigenvalue weighted by molar-refractivity contribution is -0.161. The summed E-state index contributed by atoms with van der Waals surface area (Å²) in [5.41, 5.74) is 0. The molecule has 1 aliphatic heterocycles. The highest BCUT2D eigenvalue weighted by atomic mass is 16.3. The molecule has 26 nitrogen and oxygen atoms in total. The number of allylic oxidation sites excluding steroid dienone is 2. The molecule has 26 heteroatoms. The Hall–Kier alpha value is -6.70. The third kappa shape index (κ3) is 22.7. The summed E-state index contributed by atoms with van der Waals surface area (Å²) in [6.45, 7) is 29.3. The van der Waals surface area contributed by atoms with E-state index in [1.54, 1.807) is 87.5 Å². The van der Waals surface area contributed by atoms with Crippen molar-refractivity contribution in [3.05, 3.63) is 12.2 Å². The van der Waals surface area contributed by atoms with Gasteiger partial charge in [-0.1, -0.05) is 102 Å². The Morgan fingerprint density at radius 2 is 0.894 bits per heavy atom. The Balaban J connectivity index is 4.55. The molecule has 538 valence electrons. The lowest BCUT2D eigenvalue weighted by Crippen LogP contribution is -2.64. The van der Waals surface area contributed by atoms with E-state index in [1.807, 2.05) is 47.6 Å². The number of carbonyl (C=O) groups is 12. The van der Waals surface area contributed by atoms with Crippen molar-refractivity contribution in [1.29, 1.82) is 0 Å². The maximum Gasteiger partial charge on any atom is 0.248 e. The number of amides is 12. The van der Waals surface area contributed by atoms with Crippen molar-refractivity contribution in [1.82, 2.24) is 64.9 Å². The topological polar surface area (TPSA) is 294 Å². The summed E-state index contributed by atoms with van der Waals surface area (Å²) in [7, 11) is 16.2. The van der Waals surface area contributed by atoms with Crippen LogP contribution in [0.15, 0.2) is 12.2 Å². The summed E-state index contributed by atoms with van der Waals surface area (Å²) in [4.78, 5) is 190. The van der Waals surface area contributed by atoms with Crippen LogP contribution in [0.2, 0.25) is 0 Å². The van der Waals surface area contributed by atoms with E-state index in [4.69, 9.17) is 0 Å². The highest BCUT2D eigenvalue weighted by Gasteiger charge is 2.47. The average Bonchev–Trinajstić information content (AvgIpc) is 0.805. The van der Waals surface area contributed by atoms with Gasteiger partial charge in [-0.3, -0.25) is 62.4 Å². The zero-order valence-corrected chi connectivity index (χ0v) is 62.4. The Labute approximate surface area is 562 Å². The zero-order chi connectivity index (χ0) is 73.2. The van der Waals surface area contributed by atoms with Gasteiger partial charge in [0.2, 0.25) is 70.9 Å². The molecule has 0 spiro atoms. The van der Waals surface area contributed by atoms with Gasteiger partial charge in [0.25, 0.3) is 0 Å². The van der Waals surface area contributed by atoms with Gasteiger partial charge in [0, 0.05) is 77.0 Å². The minimum atomic E-state index is -1.64. The van der Waals surface area contributed by atoms with Crippen LogP contribution >= 0.6 is 0 Å². The molecule has 1 fully saturated rings. The maximum absolute atomic E-state index is 15.4. The second kappa shape index (κ2) is 38.1. The van der Waals surface area contributed by atoms with Crippen LogP contribution in [0.1, 0.15) is 150 Å². The van der Waals surface area contributed by atoms with Crippen molar-refractivity contribution < 1.29 is 62.6 Å². The van der Waals surface area contributed by atoms with Gasteiger partial charge in [-0.2, -0.15) is 0 Å². The average molecular weight is 1330 g/mol. The second-order valence-electron chi connectivity index (χ2n) is 28.6. The van der Waals surface area contributed by atoms with Gasteiger partial charge in [-0.05, 0) is 108 Å². The first-order valence-electron chi connectivity index (χ1n) is 33.5. The standard InChI is InChI=1S/C68H123N13O13/c1-29-31-32-43(13)57(83)56-68(94)75(22)48(30-2)63(89)74(21)47(17)62(88)80(27)55(44(14)36-73(20)37-52(82)72(18)19)60(86)71-53(41(9)10)66(92)76(23)49(33-38(3)4)59(85)69-45(15)58(84)70-46(16)61(87)77(24)50(34-39(5)6)64(90)78(25)51(35-40(7)8)65(91)79(26)54(42(11)12)67(93)81(56)28/h29,31,38-51,53-57,83H,30,32-37H2,1-28H3,(H,69,85)(H,70,84)(H,71,86)/b31-29+/t43-,44-,45+,46-,47-,48+,49+,50+,51+,53+,54+,55+,56+,57-/m1/s1. The molecule has 0 aromatic rings. The smallest absolute Gasteiger partial charge is 0.248 e. The molecule has 0 saturated carbocycles. The summed E-state index contributed by atoms with van der Waals surface area (Å²) >= 11 is 0. The van der Waals surface area contributed by atoms with Gasteiger partial charge in [0.15, 0.2) is 0 Å². The molecule has 0 radical (unpaired) electrons. The molecule has 0 unspecified atom stereocenters. The molecule has 1 heterocycles. The van der Waals surface area contributed by atoms with Gasteiger partial charge >= 0.3 is 0 Å². The molecule has 94 heavy (non-hydrogen) atoms. The highest BCUT2D eigenvalue weighted by Crippen LogP contribution is 2.27. The number of nitrogens with one attached hydrogen (secondary N) is 3. The lowest BCUT2D eigenvalue weighted by Gasteiger charge is -2.43. The van der Waals surface area contributed by atoms with Crippen LogP contribution in [0.5, 0.6) is 0 Å². The molecule has 0 bridgehead atoms. The van der Waals surface area contributed by atoms with Crippen LogP contribution in [0.3, 0.4) is 0 Å². The molecular weight excluding hydrogens is 1210 g/mol. The third-order valence-corrected chi connectivity index (χ3v) is 18.3. The molecule has 0 aromatic carbocycles. The Bertz CT molecular complexity index is 2630. The van der Waals surface area contributed by atoms with Crippen molar-refractivity contribution in [2.45, 2.75) is 222 Å². The molecule has 1 rings (SSSR count). The fraction of sp³-hybridized carbons (Fsp3) is 0.794. The van der Waals surface area contributed by atoms with Crippen LogP contribution in [0.4, 0.5) is 0 Å². The normalized spacial score (nSPS) is 26.7. The Morgan fingerprint density at radius 3 is 1.35 bits per heavy atom. The largest absolute Gasteiger partial charge is 0.390 e. The number of hydrogen-bond donors (Lipinski definition) is 4. The van der Waals surface area contributed by atoms with Crippen molar-refractivity contribution in [3.8, 4) is 0 Å². The monoisotopic (exact) mass is 1330 g/mol. The number of aliphatic hydroxyl groups excluding tert-OH is 1. The summed E-state index contributed by atoms with van der Waals surface area (Å²) in [6, 6.07) is -14.2. The number of carbonyl (C=O) groups excluding carboxylic acids is 12. The minimum absolute atomic E-state index is 0.0000376. The fourth-order valence-electron chi connectivity index (χ4n) is 12.2. The van der Waals surface area contributed by atoms with E-state index in [0.717, 1.165) is 14.7 Å². The van der Waals surface area contributed by atoms with E-state index in [-0.39, 0.29) is 62.4 Å². The number of nitrogens with zero attached hydrogens (tertiary/aromatic N) is 10. The predicted molar refractivity (Wildman–Crippen MR) is 364 cm³/mol. The van der Waals surface area contributed by atoms with Crippen molar-refractivity contribution in [2.75, 3.05) is 90.6 Å². The van der Waals surface area contributed by atoms with E-state index >= 15 is 33.6 Å². The van der Waals surface area contributed by atoms with E-state index in [1.165, 1.54) is 107 Å². The van der Waals surface area contributed by atoms with E-state index in [0.29, 0.717) is 6.42 Å². The number of rotatable bonds is 18. The van der Waals surface area contributed by atoms with Crippen LogP contribution in [-0.2, 0) is 57.5 Å². The fourth-order valence-corrected chi connectivity index (χ4v) is 12.2. The molecular formula is C68H123N13O13. The zero-order valence-electron chi connectivity index (χ0n) is 62.4. The quantitative estimate of drug-likeness (QED) is 0.144. The second-order valence-corrected chi connectivity index (χ2v) is 28.6. The molecule has 4 N–H and O–H groups in total. The molecule has 14 atom stereocenters. The van der Waals surface area contributed by atoms with Gasteiger partial charge in [-0.15, -0.1) is 0 Å². The SMILES string of the molecule is C/C=C/C[C@@H](C)[C@@H](O)[C@H]1C(=O)N(C)[C@@H](CC)C(=O)N(C)[C@H](C)C(=O)N(C)[C@@H]([C@H](C)CN(C)CC(=O)N(C)C)C(=O)N[C@@H](C(C)C)C(=O)N(C)[C@@H](CC(C)C)C(=O)N[C@@H](C)C(=O)N[C@H](C)C(=O)N(C)[C@@H](CC(C)C)C(=O)N(C)[C@@H](CC(C)C)C(=O)N(C)[C@@H](C(C)C)C(=O)N1C. The van der Waals surface area contributed by atoms with Crippen molar-refractivity contribution >= 4 is 70.9 Å². The number of aliphatic hydroxyl groups is 1. The summed E-state index contributed by atoms with van der Waals surface area (Å²) < 4.78 is 0. The van der Waals surface area contributed by atoms with Crippen LogP contribution in [0, 0.1) is 41.4 Å². The van der Waals surface area contributed by atoms with Crippen molar-refractivity contribution in [3.63, 3.8) is 0 Å². The first kappa shape index (κ1) is 85.3. The molecule has 12 amide bonds. The van der Waals surface area contributed by atoms with Crippen molar-refractivity contribution in [2.24, 2.45) is 41.4 Å².